The van der Waals surface area contributed by atoms with Gasteiger partial charge < -0.3 is 10.1 Å². The van der Waals surface area contributed by atoms with Crippen molar-refractivity contribution in [1.29, 1.82) is 0 Å². The number of carbonyl (C=O) groups excluding carboxylic acids is 1. The molecule has 116 valence electrons. The van der Waals surface area contributed by atoms with Crippen molar-refractivity contribution in [2.45, 2.75) is 48.6 Å². The van der Waals surface area contributed by atoms with Gasteiger partial charge in [-0.25, -0.2) is 8.42 Å². The van der Waals surface area contributed by atoms with E-state index < -0.39 is 15.0 Å². The number of hydrogen-bond donors (Lipinski definition) is 2. The maximum atomic E-state index is 12.2. The van der Waals surface area contributed by atoms with Crippen molar-refractivity contribution in [1.82, 2.24) is 15.5 Å². The summed E-state index contributed by atoms with van der Waals surface area (Å²) < 4.78 is 28.6. The molecule has 1 aromatic rings. The standard InChI is InChI=1S/C12H16ClN3O4S/c1-20-8-4-7(5-8)14-12(17)10-11(21(13,18)19)9(15-16-10)6-2-3-6/h6-8H,2-5H2,1H3,(H,14,17)(H,15,16). The van der Waals surface area contributed by atoms with Gasteiger partial charge in [-0.05, 0) is 25.7 Å². The normalized spacial score (nSPS) is 25.4. The minimum atomic E-state index is -4.02. The van der Waals surface area contributed by atoms with Gasteiger partial charge in [0.2, 0.25) is 0 Å². The van der Waals surface area contributed by atoms with Gasteiger partial charge in [0.05, 0.1) is 11.8 Å². The lowest BCUT2D eigenvalue weighted by Gasteiger charge is -2.34. The van der Waals surface area contributed by atoms with Gasteiger partial charge in [0, 0.05) is 29.8 Å². The van der Waals surface area contributed by atoms with Crippen molar-refractivity contribution in [2.24, 2.45) is 0 Å². The molecule has 0 radical (unpaired) electrons. The number of rotatable bonds is 5. The third-order valence-corrected chi connectivity index (χ3v) is 5.32. The molecule has 1 amide bonds. The molecule has 1 heterocycles. The van der Waals surface area contributed by atoms with E-state index in [9.17, 15) is 13.2 Å². The average Bonchev–Trinajstić information content (AvgIpc) is 3.09. The largest absolute Gasteiger partial charge is 0.381 e. The Morgan fingerprint density at radius 2 is 2.10 bits per heavy atom. The van der Waals surface area contributed by atoms with Crippen LogP contribution in [0.4, 0.5) is 0 Å². The van der Waals surface area contributed by atoms with Gasteiger partial charge >= 0.3 is 0 Å². The number of nitrogens with zero attached hydrogens (tertiary/aromatic N) is 1. The Hall–Kier alpha value is -1.12. The van der Waals surface area contributed by atoms with Crippen LogP contribution in [0.5, 0.6) is 0 Å². The first-order chi connectivity index (χ1) is 9.90. The van der Waals surface area contributed by atoms with Crippen LogP contribution >= 0.6 is 10.7 Å². The quantitative estimate of drug-likeness (QED) is 0.786. The fraction of sp³-hybridized carbons (Fsp3) is 0.667. The summed E-state index contributed by atoms with van der Waals surface area (Å²) in [6.45, 7) is 0. The number of hydrogen-bond acceptors (Lipinski definition) is 5. The molecule has 0 unspecified atom stereocenters. The van der Waals surface area contributed by atoms with E-state index in [4.69, 9.17) is 15.4 Å². The molecule has 3 rings (SSSR count). The van der Waals surface area contributed by atoms with E-state index in [0.29, 0.717) is 18.5 Å². The highest BCUT2D eigenvalue weighted by atomic mass is 35.7. The van der Waals surface area contributed by atoms with Crippen LogP contribution in [-0.2, 0) is 13.8 Å². The molecule has 0 saturated heterocycles. The van der Waals surface area contributed by atoms with E-state index in [-0.39, 0.29) is 28.7 Å². The summed E-state index contributed by atoms with van der Waals surface area (Å²) in [5.74, 6) is -0.416. The molecular formula is C12H16ClN3O4S. The Labute approximate surface area is 126 Å². The molecule has 0 aliphatic heterocycles. The lowest BCUT2D eigenvalue weighted by molar-refractivity contribution is 0.0175. The fourth-order valence-electron chi connectivity index (χ4n) is 2.52. The molecule has 2 fully saturated rings. The monoisotopic (exact) mass is 333 g/mol. The third-order valence-electron chi connectivity index (χ3n) is 3.96. The van der Waals surface area contributed by atoms with Crippen molar-refractivity contribution in [2.75, 3.05) is 7.11 Å². The molecule has 21 heavy (non-hydrogen) atoms. The maximum Gasteiger partial charge on any atom is 0.273 e. The maximum absolute atomic E-state index is 12.2. The molecule has 2 N–H and O–H groups in total. The molecule has 0 spiro atoms. The summed E-state index contributed by atoms with van der Waals surface area (Å²) >= 11 is 0. The van der Waals surface area contributed by atoms with Gasteiger partial charge in [-0.3, -0.25) is 9.89 Å². The van der Waals surface area contributed by atoms with Gasteiger partial charge in [-0.1, -0.05) is 0 Å². The van der Waals surface area contributed by atoms with Crippen LogP contribution in [0.1, 0.15) is 47.8 Å². The van der Waals surface area contributed by atoms with Crippen molar-refractivity contribution < 1.29 is 17.9 Å². The highest BCUT2D eigenvalue weighted by Gasteiger charge is 2.38. The van der Waals surface area contributed by atoms with Gasteiger partial charge in [-0.15, -0.1) is 0 Å². The van der Waals surface area contributed by atoms with Crippen LogP contribution in [-0.4, -0.2) is 43.8 Å². The van der Waals surface area contributed by atoms with Gasteiger partial charge in [0.15, 0.2) is 5.69 Å². The molecule has 2 aliphatic carbocycles. The second-order valence-corrected chi connectivity index (χ2v) is 8.03. The zero-order chi connectivity index (χ0) is 15.2. The summed E-state index contributed by atoms with van der Waals surface area (Å²) in [7, 11) is 3.07. The summed E-state index contributed by atoms with van der Waals surface area (Å²) in [5, 5.41) is 9.27. The van der Waals surface area contributed by atoms with Crippen molar-refractivity contribution in [3.8, 4) is 0 Å². The van der Waals surface area contributed by atoms with E-state index >= 15 is 0 Å². The number of methoxy groups -OCH3 is 1. The lowest BCUT2D eigenvalue weighted by Crippen LogP contribution is -2.47. The minimum Gasteiger partial charge on any atom is -0.381 e. The molecule has 2 aliphatic rings. The SMILES string of the molecule is COC1CC(NC(=O)c2n[nH]c(C3CC3)c2S(=O)(=O)Cl)C1. The van der Waals surface area contributed by atoms with Crippen LogP contribution in [0.2, 0.25) is 0 Å². The molecule has 1 aromatic heterocycles. The summed E-state index contributed by atoms with van der Waals surface area (Å²) in [4.78, 5) is 12.0. The fourth-order valence-corrected chi connectivity index (χ4v) is 3.84. The highest BCUT2D eigenvalue weighted by Crippen LogP contribution is 2.43. The van der Waals surface area contributed by atoms with Gasteiger partial charge in [0.25, 0.3) is 15.0 Å². The van der Waals surface area contributed by atoms with Crippen LogP contribution in [0.3, 0.4) is 0 Å². The van der Waals surface area contributed by atoms with Gasteiger partial charge in [-0.2, -0.15) is 5.10 Å². The van der Waals surface area contributed by atoms with Gasteiger partial charge in [0.1, 0.15) is 4.90 Å². The molecule has 2 saturated carbocycles. The first-order valence-corrected chi connectivity index (χ1v) is 9.07. The Bertz CT molecular complexity index is 662. The number of ether oxygens (including phenoxy) is 1. The molecule has 0 bridgehead atoms. The van der Waals surface area contributed by atoms with E-state index in [2.05, 4.69) is 15.5 Å². The van der Waals surface area contributed by atoms with Crippen molar-refractivity contribution in [3.05, 3.63) is 11.4 Å². The Balaban J connectivity index is 1.80. The van der Waals surface area contributed by atoms with E-state index in [1.807, 2.05) is 0 Å². The number of aromatic amines is 1. The van der Waals surface area contributed by atoms with Crippen LogP contribution in [0, 0.1) is 0 Å². The van der Waals surface area contributed by atoms with Crippen LogP contribution < -0.4 is 5.32 Å². The Morgan fingerprint density at radius 3 is 2.62 bits per heavy atom. The molecule has 7 nitrogen and oxygen atoms in total. The number of halogens is 1. The zero-order valence-corrected chi connectivity index (χ0v) is 13.0. The summed E-state index contributed by atoms with van der Waals surface area (Å²) in [6, 6.07) is -0.0191. The van der Waals surface area contributed by atoms with E-state index in [1.54, 1.807) is 7.11 Å². The third kappa shape index (κ3) is 2.93. The summed E-state index contributed by atoms with van der Waals surface area (Å²) in [5.41, 5.74) is 0.297. The number of H-pyrrole nitrogens is 1. The number of nitrogens with one attached hydrogen (secondary N) is 2. The summed E-state index contributed by atoms with van der Waals surface area (Å²) in [6.07, 6.45) is 3.32. The first-order valence-electron chi connectivity index (χ1n) is 6.76. The molecule has 0 aromatic carbocycles. The molecule has 9 heteroatoms. The minimum absolute atomic E-state index is 0.0191. The highest BCUT2D eigenvalue weighted by molar-refractivity contribution is 8.13. The second kappa shape index (κ2) is 5.26. The lowest BCUT2D eigenvalue weighted by atomic mass is 9.89. The number of amides is 1. The van der Waals surface area contributed by atoms with E-state index in [1.165, 1.54) is 0 Å². The smallest absolute Gasteiger partial charge is 0.273 e. The van der Waals surface area contributed by atoms with Crippen molar-refractivity contribution in [3.63, 3.8) is 0 Å². The number of aromatic nitrogens is 2. The molecular weight excluding hydrogens is 318 g/mol. The second-order valence-electron chi connectivity index (χ2n) is 5.53. The average molecular weight is 334 g/mol. The predicted molar refractivity (Wildman–Crippen MR) is 74.9 cm³/mol. The first kappa shape index (κ1) is 14.8. The topological polar surface area (TPSA) is 101 Å². The Kier molecular flexibility index (Phi) is 3.71. The van der Waals surface area contributed by atoms with Crippen LogP contribution in [0.25, 0.3) is 0 Å². The molecule has 0 atom stereocenters. The van der Waals surface area contributed by atoms with Crippen molar-refractivity contribution >= 4 is 25.6 Å². The number of carbonyl (C=O) groups is 1. The Morgan fingerprint density at radius 1 is 1.43 bits per heavy atom. The predicted octanol–water partition coefficient (Wildman–Crippen LogP) is 1.12. The zero-order valence-electron chi connectivity index (χ0n) is 11.4. The van der Waals surface area contributed by atoms with Crippen LogP contribution in [0.15, 0.2) is 4.90 Å². The van der Waals surface area contributed by atoms with E-state index in [0.717, 1.165) is 12.8 Å².